The number of benzene rings is 2. The fourth-order valence-electron chi connectivity index (χ4n) is 3.62. The zero-order valence-electron chi connectivity index (χ0n) is 15.2. The number of nitrogens with zero attached hydrogens (tertiary/aromatic N) is 3. The Bertz CT molecular complexity index is 1140. The molecule has 0 atom stereocenters. The van der Waals surface area contributed by atoms with Gasteiger partial charge in [0.15, 0.2) is 5.43 Å². The number of piperazine rings is 1. The first kappa shape index (κ1) is 17.4. The second-order valence-electron chi connectivity index (χ2n) is 6.97. The molecule has 3 aromatic rings. The van der Waals surface area contributed by atoms with Crippen LogP contribution in [0, 0.1) is 0 Å². The standard InChI is InChI=1S/C21H21N3O3/c1-22-10-12-23(13-11-22)19(25)14-24-18-9-5-4-8-17(18)20(26)15-6-2-3-7-16(15)21(24)27/h2-9H,10-14H2,1H3. The molecule has 1 aromatic heterocycles. The Hall–Kier alpha value is -2.99. The maximum Gasteiger partial charge on any atom is 0.259 e. The Morgan fingerprint density at radius 3 is 2.15 bits per heavy atom. The molecule has 1 amide bonds. The highest BCUT2D eigenvalue weighted by Crippen LogP contribution is 2.13. The van der Waals surface area contributed by atoms with Gasteiger partial charge in [-0.1, -0.05) is 30.3 Å². The third-order valence-corrected chi connectivity index (χ3v) is 5.24. The van der Waals surface area contributed by atoms with Gasteiger partial charge in [-0.15, -0.1) is 0 Å². The molecule has 1 aliphatic rings. The number of aromatic nitrogens is 1. The molecule has 1 saturated heterocycles. The van der Waals surface area contributed by atoms with Gasteiger partial charge in [0.05, 0.1) is 10.9 Å². The first-order valence-electron chi connectivity index (χ1n) is 9.07. The minimum absolute atomic E-state index is 0.0683. The van der Waals surface area contributed by atoms with Gasteiger partial charge in [0.2, 0.25) is 5.91 Å². The van der Waals surface area contributed by atoms with Crippen molar-refractivity contribution in [3.05, 3.63) is 69.1 Å². The number of para-hydroxylation sites is 1. The predicted octanol–water partition coefficient (Wildman–Crippen LogP) is 1.29. The highest BCUT2D eigenvalue weighted by Gasteiger charge is 2.21. The van der Waals surface area contributed by atoms with E-state index in [0.29, 0.717) is 34.8 Å². The Kier molecular flexibility index (Phi) is 4.49. The molecule has 6 nitrogen and oxygen atoms in total. The SMILES string of the molecule is CN1CCN(C(=O)Cn2c(=O)c3ccccc3c(=O)c3ccccc32)CC1. The van der Waals surface area contributed by atoms with E-state index in [1.54, 1.807) is 53.4 Å². The van der Waals surface area contributed by atoms with Gasteiger partial charge in [-0.3, -0.25) is 19.0 Å². The van der Waals surface area contributed by atoms with Crippen LogP contribution >= 0.6 is 0 Å². The highest BCUT2D eigenvalue weighted by atomic mass is 16.2. The Labute approximate surface area is 156 Å². The van der Waals surface area contributed by atoms with Gasteiger partial charge in [0.1, 0.15) is 6.54 Å². The average Bonchev–Trinajstić information content (AvgIpc) is 2.79. The van der Waals surface area contributed by atoms with Gasteiger partial charge in [0, 0.05) is 37.0 Å². The van der Waals surface area contributed by atoms with E-state index in [1.165, 1.54) is 4.57 Å². The number of likely N-dealkylation sites (N-methyl/N-ethyl adjacent to an activating group) is 1. The van der Waals surface area contributed by atoms with Crippen molar-refractivity contribution in [2.45, 2.75) is 6.54 Å². The van der Waals surface area contributed by atoms with Crippen LogP contribution in [0.3, 0.4) is 0 Å². The minimum Gasteiger partial charge on any atom is -0.339 e. The smallest absolute Gasteiger partial charge is 0.259 e. The Morgan fingerprint density at radius 1 is 0.852 bits per heavy atom. The number of hydrogen-bond donors (Lipinski definition) is 0. The first-order valence-corrected chi connectivity index (χ1v) is 9.07. The van der Waals surface area contributed by atoms with Crippen LogP contribution < -0.4 is 11.0 Å². The van der Waals surface area contributed by atoms with Gasteiger partial charge in [-0.25, -0.2) is 0 Å². The van der Waals surface area contributed by atoms with Crippen molar-refractivity contribution < 1.29 is 4.79 Å². The number of amides is 1. The van der Waals surface area contributed by atoms with E-state index in [1.807, 2.05) is 7.05 Å². The van der Waals surface area contributed by atoms with Gasteiger partial charge < -0.3 is 9.80 Å². The van der Waals surface area contributed by atoms with Crippen LogP contribution in [-0.4, -0.2) is 53.5 Å². The van der Waals surface area contributed by atoms with E-state index in [0.717, 1.165) is 13.1 Å². The van der Waals surface area contributed by atoms with Gasteiger partial charge in [-0.2, -0.15) is 0 Å². The van der Waals surface area contributed by atoms with Crippen LogP contribution in [0.15, 0.2) is 58.1 Å². The molecule has 0 aliphatic carbocycles. The van der Waals surface area contributed by atoms with Crippen molar-refractivity contribution in [2.75, 3.05) is 33.2 Å². The molecule has 2 aromatic carbocycles. The lowest BCUT2D eigenvalue weighted by Gasteiger charge is -2.32. The van der Waals surface area contributed by atoms with Gasteiger partial charge >= 0.3 is 0 Å². The molecule has 1 aliphatic heterocycles. The molecule has 0 unspecified atom stereocenters. The monoisotopic (exact) mass is 363 g/mol. The first-order chi connectivity index (χ1) is 13.1. The Balaban J connectivity index is 1.90. The molecule has 138 valence electrons. The van der Waals surface area contributed by atoms with Crippen LogP contribution in [-0.2, 0) is 11.3 Å². The van der Waals surface area contributed by atoms with E-state index >= 15 is 0 Å². The van der Waals surface area contributed by atoms with Crippen LogP contribution in [0.25, 0.3) is 21.7 Å². The number of carbonyl (C=O) groups is 1. The summed E-state index contributed by atoms with van der Waals surface area (Å²) in [5, 5.41) is 1.16. The summed E-state index contributed by atoms with van der Waals surface area (Å²) in [5.41, 5.74) is -0.0124. The molecular weight excluding hydrogens is 342 g/mol. The predicted molar refractivity (Wildman–Crippen MR) is 106 cm³/mol. The van der Waals surface area contributed by atoms with Gasteiger partial charge in [0.25, 0.3) is 5.56 Å². The topological polar surface area (TPSA) is 62.6 Å². The molecule has 0 bridgehead atoms. The van der Waals surface area contributed by atoms with E-state index in [-0.39, 0.29) is 23.4 Å². The number of fused-ring (bicyclic) bond motifs is 2. The second kappa shape index (κ2) is 6.96. The van der Waals surface area contributed by atoms with Crippen molar-refractivity contribution in [3.8, 4) is 0 Å². The molecule has 1 fully saturated rings. The molecule has 0 saturated carbocycles. The fraction of sp³-hybridized carbons (Fsp3) is 0.286. The van der Waals surface area contributed by atoms with E-state index in [4.69, 9.17) is 0 Å². The maximum absolute atomic E-state index is 13.2. The summed E-state index contributed by atoms with van der Waals surface area (Å²) < 4.78 is 1.44. The van der Waals surface area contributed by atoms with Crippen LogP contribution in [0.4, 0.5) is 0 Å². The van der Waals surface area contributed by atoms with Crippen molar-refractivity contribution >= 4 is 27.6 Å². The third-order valence-electron chi connectivity index (χ3n) is 5.24. The molecule has 27 heavy (non-hydrogen) atoms. The largest absolute Gasteiger partial charge is 0.339 e. The van der Waals surface area contributed by atoms with Gasteiger partial charge in [-0.05, 0) is 25.2 Å². The number of rotatable bonds is 2. The molecule has 2 heterocycles. The van der Waals surface area contributed by atoms with E-state index in [2.05, 4.69) is 4.90 Å². The summed E-state index contributed by atoms with van der Waals surface area (Å²) in [4.78, 5) is 43.0. The zero-order chi connectivity index (χ0) is 19.0. The van der Waals surface area contributed by atoms with Crippen LogP contribution in [0.2, 0.25) is 0 Å². The summed E-state index contributed by atoms with van der Waals surface area (Å²) in [6.07, 6.45) is 0. The lowest BCUT2D eigenvalue weighted by Crippen LogP contribution is -2.48. The van der Waals surface area contributed by atoms with Crippen LogP contribution in [0.1, 0.15) is 0 Å². The van der Waals surface area contributed by atoms with Crippen molar-refractivity contribution in [1.29, 1.82) is 0 Å². The molecular formula is C21H21N3O3. The number of carbonyl (C=O) groups excluding carboxylic acids is 1. The maximum atomic E-state index is 13.2. The summed E-state index contributed by atoms with van der Waals surface area (Å²) in [6.45, 7) is 2.86. The van der Waals surface area contributed by atoms with Crippen molar-refractivity contribution in [2.24, 2.45) is 0 Å². The van der Waals surface area contributed by atoms with Crippen molar-refractivity contribution in [1.82, 2.24) is 14.4 Å². The summed E-state index contributed by atoms with van der Waals surface area (Å²) in [7, 11) is 2.03. The van der Waals surface area contributed by atoms with Crippen molar-refractivity contribution in [3.63, 3.8) is 0 Å². The Morgan fingerprint density at radius 2 is 1.44 bits per heavy atom. The normalized spacial score (nSPS) is 15.4. The van der Waals surface area contributed by atoms with E-state index < -0.39 is 0 Å². The minimum atomic E-state index is -0.314. The third kappa shape index (κ3) is 3.13. The molecule has 0 N–H and O–H groups in total. The summed E-state index contributed by atoms with van der Waals surface area (Å²) in [6, 6.07) is 13.8. The average molecular weight is 363 g/mol. The van der Waals surface area contributed by atoms with Crippen LogP contribution in [0.5, 0.6) is 0 Å². The lowest BCUT2D eigenvalue weighted by atomic mass is 10.1. The quantitative estimate of drug-likeness (QED) is 0.688. The highest BCUT2D eigenvalue weighted by molar-refractivity contribution is 5.91. The molecule has 6 heteroatoms. The molecule has 4 rings (SSSR count). The summed E-state index contributed by atoms with van der Waals surface area (Å²) >= 11 is 0. The molecule has 0 radical (unpaired) electrons. The second-order valence-corrected chi connectivity index (χ2v) is 6.97. The summed E-state index contributed by atoms with van der Waals surface area (Å²) in [5.74, 6) is -0.0990. The molecule has 0 spiro atoms. The lowest BCUT2D eigenvalue weighted by molar-refractivity contribution is -0.133. The number of hydrogen-bond acceptors (Lipinski definition) is 4. The van der Waals surface area contributed by atoms with E-state index in [9.17, 15) is 14.4 Å². The fourth-order valence-corrected chi connectivity index (χ4v) is 3.62. The zero-order valence-corrected chi connectivity index (χ0v) is 15.2.